The monoisotopic (exact) mass is 254 g/mol. The third kappa shape index (κ3) is 5.85. The topological polar surface area (TPSA) is 46.3 Å². The Morgan fingerprint density at radius 2 is 1.94 bits per heavy atom. The van der Waals surface area contributed by atoms with Gasteiger partial charge in [0.2, 0.25) is 5.91 Å². The fourth-order valence-electron chi connectivity index (χ4n) is 2.70. The van der Waals surface area contributed by atoms with Crippen LogP contribution in [0.5, 0.6) is 0 Å². The molecule has 3 heteroatoms. The molecule has 0 aromatic heterocycles. The highest BCUT2D eigenvalue weighted by molar-refractivity contribution is 5.76. The molecule has 1 atom stereocenters. The minimum Gasteiger partial charge on any atom is -0.342 e. The summed E-state index contributed by atoms with van der Waals surface area (Å²) in [6.45, 7) is 4.80. The maximum absolute atomic E-state index is 12.0. The number of carbonyl (C=O) groups is 1. The quantitative estimate of drug-likeness (QED) is 0.677. The lowest BCUT2D eigenvalue weighted by molar-refractivity contribution is -0.133. The molecule has 1 aliphatic heterocycles. The van der Waals surface area contributed by atoms with Crippen LogP contribution in [0.4, 0.5) is 0 Å². The number of nitrogens with zero attached hydrogens (tertiary/aromatic N) is 1. The van der Waals surface area contributed by atoms with E-state index < -0.39 is 0 Å². The van der Waals surface area contributed by atoms with E-state index in [2.05, 4.69) is 6.92 Å². The van der Waals surface area contributed by atoms with Crippen LogP contribution in [0.25, 0.3) is 0 Å². The Morgan fingerprint density at radius 1 is 1.22 bits per heavy atom. The molecule has 0 aromatic rings. The van der Waals surface area contributed by atoms with E-state index in [1.165, 1.54) is 38.5 Å². The molecule has 3 nitrogen and oxygen atoms in total. The Hall–Kier alpha value is -0.570. The summed E-state index contributed by atoms with van der Waals surface area (Å²) >= 11 is 0. The minimum absolute atomic E-state index is 0.351. The first-order chi connectivity index (χ1) is 8.77. The fourth-order valence-corrected chi connectivity index (χ4v) is 2.70. The highest BCUT2D eigenvalue weighted by Crippen LogP contribution is 2.17. The van der Waals surface area contributed by atoms with Crippen molar-refractivity contribution in [2.75, 3.05) is 19.6 Å². The van der Waals surface area contributed by atoms with Crippen LogP contribution in [-0.2, 0) is 4.79 Å². The smallest absolute Gasteiger partial charge is 0.222 e. The predicted octanol–water partition coefficient (Wildman–Crippen LogP) is 2.93. The summed E-state index contributed by atoms with van der Waals surface area (Å²) < 4.78 is 0. The van der Waals surface area contributed by atoms with Crippen molar-refractivity contribution in [1.29, 1.82) is 0 Å². The molecular formula is C15H30N2O. The number of amides is 1. The summed E-state index contributed by atoms with van der Waals surface area (Å²) in [7, 11) is 0. The molecule has 0 saturated carbocycles. The zero-order chi connectivity index (χ0) is 13.2. The molecule has 1 unspecified atom stereocenters. The van der Waals surface area contributed by atoms with Gasteiger partial charge in [-0.15, -0.1) is 0 Å². The van der Waals surface area contributed by atoms with Crippen molar-refractivity contribution >= 4 is 5.91 Å². The van der Waals surface area contributed by atoms with E-state index in [1.54, 1.807) is 0 Å². The summed E-state index contributed by atoms with van der Waals surface area (Å²) in [6.07, 6.45) is 10.6. The molecule has 1 amide bonds. The first-order valence-electron chi connectivity index (χ1n) is 7.75. The molecule has 1 saturated heterocycles. The number of hydrogen-bond acceptors (Lipinski definition) is 2. The van der Waals surface area contributed by atoms with Crippen molar-refractivity contribution in [3.63, 3.8) is 0 Å². The van der Waals surface area contributed by atoms with Gasteiger partial charge in [0.15, 0.2) is 0 Å². The van der Waals surface area contributed by atoms with Crippen molar-refractivity contribution in [3.05, 3.63) is 0 Å². The van der Waals surface area contributed by atoms with Crippen molar-refractivity contribution < 1.29 is 4.79 Å². The number of rotatable bonds is 8. The maximum atomic E-state index is 12.0. The molecule has 1 rings (SSSR count). The molecule has 0 aromatic carbocycles. The van der Waals surface area contributed by atoms with E-state index in [-0.39, 0.29) is 0 Å². The number of unbranched alkanes of at least 4 members (excludes halogenated alkanes) is 5. The van der Waals surface area contributed by atoms with Gasteiger partial charge < -0.3 is 10.6 Å². The van der Waals surface area contributed by atoms with Crippen LogP contribution in [0.1, 0.15) is 64.7 Å². The highest BCUT2D eigenvalue weighted by atomic mass is 16.2. The molecule has 18 heavy (non-hydrogen) atoms. The van der Waals surface area contributed by atoms with Crippen molar-refractivity contribution in [3.8, 4) is 0 Å². The van der Waals surface area contributed by atoms with Crippen LogP contribution in [-0.4, -0.2) is 30.4 Å². The Bertz CT molecular complexity index is 231. The molecule has 0 radical (unpaired) electrons. The third-order valence-electron chi connectivity index (χ3n) is 3.95. The van der Waals surface area contributed by atoms with E-state index in [4.69, 9.17) is 5.73 Å². The van der Waals surface area contributed by atoms with Gasteiger partial charge in [0.05, 0.1) is 0 Å². The van der Waals surface area contributed by atoms with Gasteiger partial charge in [-0.05, 0) is 31.7 Å². The van der Waals surface area contributed by atoms with Gasteiger partial charge >= 0.3 is 0 Å². The van der Waals surface area contributed by atoms with Gasteiger partial charge in [-0.25, -0.2) is 0 Å². The van der Waals surface area contributed by atoms with Crippen LogP contribution in [0.3, 0.4) is 0 Å². The number of piperidine rings is 1. The molecule has 1 heterocycles. The second-order valence-corrected chi connectivity index (χ2v) is 5.60. The predicted molar refractivity (Wildman–Crippen MR) is 76.4 cm³/mol. The number of likely N-dealkylation sites (tertiary alicyclic amines) is 1. The van der Waals surface area contributed by atoms with Gasteiger partial charge in [0, 0.05) is 19.5 Å². The maximum Gasteiger partial charge on any atom is 0.222 e. The zero-order valence-electron chi connectivity index (χ0n) is 12.0. The van der Waals surface area contributed by atoms with E-state index >= 15 is 0 Å². The van der Waals surface area contributed by atoms with Crippen molar-refractivity contribution in [2.45, 2.75) is 64.7 Å². The Morgan fingerprint density at radius 3 is 2.67 bits per heavy atom. The average Bonchev–Trinajstić information content (AvgIpc) is 2.42. The Kier molecular flexibility index (Phi) is 8.06. The largest absolute Gasteiger partial charge is 0.342 e. The lowest BCUT2D eigenvalue weighted by Gasteiger charge is -2.32. The third-order valence-corrected chi connectivity index (χ3v) is 3.95. The fraction of sp³-hybridized carbons (Fsp3) is 0.933. The van der Waals surface area contributed by atoms with E-state index in [9.17, 15) is 4.79 Å². The molecule has 0 aliphatic carbocycles. The summed E-state index contributed by atoms with van der Waals surface area (Å²) in [5, 5.41) is 0. The van der Waals surface area contributed by atoms with Crippen molar-refractivity contribution in [1.82, 2.24) is 4.90 Å². The summed E-state index contributed by atoms with van der Waals surface area (Å²) in [5.41, 5.74) is 5.70. The average molecular weight is 254 g/mol. The molecule has 0 spiro atoms. The number of carbonyl (C=O) groups excluding carboxylic acids is 1. The Balaban J connectivity index is 2.08. The SMILES string of the molecule is CCCCCCCCC(=O)N1CCCC(CN)C1. The van der Waals surface area contributed by atoms with E-state index in [1.807, 2.05) is 4.90 Å². The van der Waals surface area contributed by atoms with Gasteiger partial charge in [0.1, 0.15) is 0 Å². The van der Waals surface area contributed by atoms with Crippen LogP contribution in [0.15, 0.2) is 0 Å². The lowest BCUT2D eigenvalue weighted by atomic mass is 9.98. The molecule has 1 fully saturated rings. The summed E-state index contributed by atoms with van der Waals surface area (Å²) in [4.78, 5) is 14.1. The first-order valence-corrected chi connectivity index (χ1v) is 7.75. The van der Waals surface area contributed by atoms with Crippen LogP contribution in [0.2, 0.25) is 0 Å². The molecular weight excluding hydrogens is 224 g/mol. The van der Waals surface area contributed by atoms with E-state index in [0.29, 0.717) is 11.8 Å². The second kappa shape index (κ2) is 9.37. The summed E-state index contributed by atoms with van der Waals surface area (Å²) in [5.74, 6) is 0.885. The second-order valence-electron chi connectivity index (χ2n) is 5.60. The lowest BCUT2D eigenvalue weighted by Crippen LogP contribution is -2.41. The molecule has 106 valence electrons. The number of hydrogen-bond donors (Lipinski definition) is 1. The normalized spacial score (nSPS) is 20.1. The minimum atomic E-state index is 0.351. The van der Waals surface area contributed by atoms with Gasteiger partial charge in [-0.3, -0.25) is 4.79 Å². The molecule has 0 bridgehead atoms. The van der Waals surface area contributed by atoms with Gasteiger partial charge in [0.25, 0.3) is 0 Å². The highest BCUT2D eigenvalue weighted by Gasteiger charge is 2.21. The van der Waals surface area contributed by atoms with Crippen LogP contribution in [0, 0.1) is 5.92 Å². The van der Waals surface area contributed by atoms with Gasteiger partial charge in [-0.2, -0.15) is 0 Å². The molecule has 1 aliphatic rings. The summed E-state index contributed by atoms with van der Waals surface area (Å²) in [6, 6.07) is 0. The van der Waals surface area contributed by atoms with Gasteiger partial charge in [-0.1, -0.05) is 39.0 Å². The first kappa shape index (κ1) is 15.5. The zero-order valence-corrected chi connectivity index (χ0v) is 12.0. The van der Waals surface area contributed by atoms with E-state index in [0.717, 1.165) is 38.9 Å². The standard InChI is InChI=1S/C15H30N2O/c1-2-3-4-5-6-7-10-15(18)17-11-8-9-14(12-16)13-17/h14H,2-13,16H2,1H3. The molecule has 2 N–H and O–H groups in total. The Labute approximate surface area is 112 Å². The van der Waals surface area contributed by atoms with Crippen LogP contribution < -0.4 is 5.73 Å². The number of nitrogens with two attached hydrogens (primary N) is 1. The van der Waals surface area contributed by atoms with Crippen LogP contribution >= 0.6 is 0 Å². The van der Waals surface area contributed by atoms with Crippen molar-refractivity contribution in [2.24, 2.45) is 11.7 Å².